The Morgan fingerprint density at radius 2 is 2.00 bits per heavy atom. The van der Waals surface area contributed by atoms with Crippen LogP contribution in [-0.4, -0.2) is 53.9 Å². The summed E-state index contributed by atoms with van der Waals surface area (Å²) in [5.41, 5.74) is 1.27. The molecule has 1 saturated carbocycles. The van der Waals surface area contributed by atoms with Crippen molar-refractivity contribution in [3.05, 3.63) is 42.1 Å². The van der Waals surface area contributed by atoms with E-state index in [-0.39, 0.29) is 6.29 Å². The van der Waals surface area contributed by atoms with Crippen LogP contribution >= 0.6 is 0 Å². The first-order valence-corrected chi connectivity index (χ1v) is 8.04. The van der Waals surface area contributed by atoms with Gasteiger partial charge in [-0.15, -0.1) is 0 Å². The third-order valence-electron chi connectivity index (χ3n) is 5.03. The molecule has 0 radical (unpaired) electrons. The number of ether oxygens (including phenoxy) is 1. The number of piperidine rings is 1. The predicted molar refractivity (Wildman–Crippen MR) is 87.2 cm³/mol. The molecule has 1 aromatic carbocycles. The molecule has 3 atom stereocenters. The fraction of sp³-hybridized carbons (Fsp3) is 0.471. The minimum absolute atomic E-state index is 0.255. The first kappa shape index (κ1) is 14.7. The minimum atomic E-state index is -0.255. The van der Waals surface area contributed by atoms with Crippen LogP contribution < -0.4 is 10.1 Å². The molecule has 2 aliphatic heterocycles. The lowest BCUT2D eigenvalue weighted by Crippen LogP contribution is -2.45. The molecule has 6 heteroatoms. The Hall–Kier alpha value is -1.89. The molecule has 0 bridgehead atoms. The first-order chi connectivity index (χ1) is 11.3. The molecule has 3 unspecified atom stereocenters. The van der Waals surface area contributed by atoms with Crippen LogP contribution in [0.5, 0.6) is 5.75 Å². The third-order valence-corrected chi connectivity index (χ3v) is 5.03. The molecule has 2 heterocycles. The standard InChI is InChI=1S/C17H22N4O2/c1-23-13-5-3-12(4-6-13)9-19-16-14-10-20(11-15(14)16)17-18-7-2-8-21(17)22/h2-8,14-17,19,22H,9-11H2,1H3. The number of methoxy groups -OCH3 is 1. The lowest BCUT2D eigenvalue weighted by molar-refractivity contribution is -0.127. The molecule has 1 aromatic rings. The molecule has 6 nitrogen and oxygen atoms in total. The first-order valence-electron chi connectivity index (χ1n) is 8.04. The van der Waals surface area contributed by atoms with Gasteiger partial charge >= 0.3 is 0 Å². The van der Waals surface area contributed by atoms with Crippen LogP contribution in [0.4, 0.5) is 0 Å². The average molecular weight is 314 g/mol. The van der Waals surface area contributed by atoms with Crippen molar-refractivity contribution in [2.75, 3.05) is 20.2 Å². The van der Waals surface area contributed by atoms with Crippen LogP contribution in [0.15, 0.2) is 41.5 Å². The maximum atomic E-state index is 9.86. The second kappa shape index (κ2) is 5.96. The zero-order valence-corrected chi connectivity index (χ0v) is 13.2. The molecule has 1 aliphatic carbocycles. The predicted octanol–water partition coefficient (Wildman–Crippen LogP) is 1.29. The van der Waals surface area contributed by atoms with Crippen LogP contribution in [0.1, 0.15) is 5.56 Å². The van der Waals surface area contributed by atoms with Crippen molar-refractivity contribution in [2.45, 2.75) is 18.9 Å². The van der Waals surface area contributed by atoms with E-state index in [4.69, 9.17) is 4.74 Å². The van der Waals surface area contributed by atoms with E-state index in [9.17, 15) is 5.21 Å². The van der Waals surface area contributed by atoms with Gasteiger partial charge in [0.25, 0.3) is 0 Å². The molecule has 0 amide bonds. The van der Waals surface area contributed by atoms with E-state index in [0.29, 0.717) is 17.9 Å². The number of allylic oxidation sites excluding steroid dienone is 1. The number of fused-ring (bicyclic) bond motifs is 1. The molecule has 2 fully saturated rings. The zero-order chi connectivity index (χ0) is 15.8. The molecular weight excluding hydrogens is 292 g/mol. The summed E-state index contributed by atoms with van der Waals surface area (Å²) in [6.45, 7) is 2.85. The maximum absolute atomic E-state index is 9.86. The Morgan fingerprint density at radius 3 is 2.65 bits per heavy atom. The average Bonchev–Trinajstić information content (AvgIpc) is 3.03. The highest BCUT2D eigenvalue weighted by atomic mass is 16.5. The molecule has 1 saturated heterocycles. The summed E-state index contributed by atoms with van der Waals surface area (Å²) in [5, 5.41) is 14.7. The van der Waals surface area contributed by atoms with Gasteiger partial charge in [0.2, 0.25) is 6.29 Å². The largest absolute Gasteiger partial charge is 0.497 e. The molecular formula is C17H22N4O2. The van der Waals surface area contributed by atoms with Crippen molar-refractivity contribution < 1.29 is 9.94 Å². The summed E-state index contributed by atoms with van der Waals surface area (Å²) in [6, 6.07) is 8.78. The van der Waals surface area contributed by atoms with Gasteiger partial charge in [0.05, 0.1) is 7.11 Å². The van der Waals surface area contributed by atoms with Gasteiger partial charge in [0.1, 0.15) is 5.75 Å². The summed E-state index contributed by atoms with van der Waals surface area (Å²) < 4.78 is 5.18. The Bertz CT molecular complexity index is 604. The minimum Gasteiger partial charge on any atom is -0.497 e. The van der Waals surface area contributed by atoms with E-state index in [1.165, 1.54) is 10.6 Å². The number of rotatable bonds is 5. The van der Waals surface area contributed by atoms with Gasteiger partial charge in [0.15, 0.2) is 0 Å². The number of hydrogen-bond donors (Lipinski definition) is 2. The van der Waals surface area contributed by atoms with Crippen LogP contribution in [0.3, 0.4) is 0 Å². The Labute approximate surface area is 136 Å². The molecule has 122 valence electrons. The van der Waals surface area contributed by atoms with Gasteiger partial charge in [-0.25, -0.2) is 5.06 Å². The van der Waals surface area contributed by atoms with E-state index < -0.39 is 0 Å². The smallest absolute Gasteiger partial charge is 0.201 e. The number of benzene rings is 1. The van der Waals surface area contributed by atoms with Gasteiger partial charge in [-0.2, -0.15) is 0 Å². The highest BCUT2D eigenvalue weighted by Gasteiger charge is 2.56. The number of nitrogens with zero attached hydrogens (tertiary/aromatic N) is 3. The van der Waals surface area contributed by atoms with Gasteiger partial charge in [-0.1, -0.05) is 12.1 Å². The van der Waals surface area contributed by atoms with E-state index in [0.717, 1.165) is 25.4 Å². The normalized spacial score (nSPS) is 32.2. The lowest BCUT2D eigenvalue weighted by Gasteiger charge is -2.32. The molecule has 2 N–H and O–H groups in total. The van der Waals surface area contributed by atoms with Gasteiger partial charge in [-0.05, 0) is 35.6 Å². The second-order valence-electron chi connectivity index (χ2n) is 6.40. The summed E-state index contributed by atoms with van der Waals surface area (Å²) in [7, 11) is 1.68. The van der Waals surface area contributed by atoms with Crippen molar-refractivity contribution in [1.29, 1.82) is 0 Å². The van der Waals surface area contributed by atoms with E-state index >= 15 is 0 Å². The summed E-state index contributed by atoms with van der Waals surface area (Å²) in [4.78, 5) is 6.58. The number of likely N-dealkylation sites (tertiary alicyclic amines) is 1. The third kappa shape index (κ3) is 2.85. The SMILES string of the molecule is COc1ccc(CNC2C3CN(C4N=CC=CN4O)CC32)cc1. The number of nitrogens with one attached hydrogen (secondary N) is 1. The summed E-state index contributed by atoms with van der Waals surface area (Å²) in [6.07, 6.45) is 4.89. The topological polar surface area (TPSA) is 60.3 Å². The van der Waals surface area contributed by atoms with Crippen molar-refractivity contribution in [1.82, 2.24) is 15.3 Å². The maximum Gasteiger partial charge on any atom is 0.201 e. The van der Waals surface area contributed by atoms with Crippen LogP contribution in [0.2, 0.25) is 0 Å². The molecule has 23 heavy (non-hydrogen) atoms. The van der Waals surface area contributed by atoms with Crippen molar-refractivity contribution in [3.63, 3.8) is 0 Å². The fourth-order valence-electron chi connectivity index (χ4n) is 3.69. The van der Waals surface area contributed by atoms with Gasteiger partial charge in [0, 0.05) is 38.1 Å². The van der Waals surface area contributed by atoms with Gasteiger partial charge in [-0.3, -0.25) is 15.1 Å². The molecule has 0 spiro atoms. The summed E-state index contributed by atoms with van der Waals surface area (Å²) >= 11 is 0. The Morgan fingerprint density at radius 1 is 1.26 bits per heavy atom. The van der Waals surface area contributed by atoms with E-state index in [1.807, 2.05) is 12.1 Å². The Balaban J connectivity index is 1.26. The monoisotopic (exact) mass is 314 g/mol. The number of hydrogen-bond acceptors (Lipinski definition) is 6. The lowest BCUT2D eigenvalue weighted by atomic mass is 10.2. The fourth-order valence-corrected chi connectivity index (χ4v) is 3.69. The van der Waals surface area contributed by atoms with Crippen LogP contribution in [0, 0.1) is 11.8 Å². The summed E-state index contributed by atoms with van der Waals surface area (Å²) in [5.74, 6) is 2.23. The second-order valence-corrected chi connectivity index (χ2v) is 6.40. The molecule has 0 aromatic heterocycles. The van der Waals surface area contributed by atoms with Crippen LogP contribution in [-0.2, 0) is 6.54 Å². The highest BCUT2D eigenvalue weighted by molar-refractivity contribution is 5.71. The highest BCUT2D eigenvalue weighted by Crippen LogP contribution is 2.46. The van der Waals surface area contributed by atoms with Crippen molar-refractivity contribution >= 4 is 6.21 Å². The number of hydroxylamine groups is 2. The number of aliphatic imine (C=N–C) groups is 1. The van der Waals surface area contributed by atoms with E-state index in [2.05, 4.69) is 27.3 Å². The van der Waals surface area contributed by atoms with Crippen molar-refractivity contribution in [2.24, 2.45) is 16.8 Å². The van der Waals surface area contributed by atoms with E-state index in [1.54, 1.807) is 25.6 Å². The quantitative estimate of drug-likeness (QED) is 0.857. The van der Waals surface area contributed by atoms with Crippen LogP contribution in [0.25, 0.3) is 0 Å². The zero-order valence-electron chi connectivity index (χ0n) is 13.2. The molecule has 4 rings (SSSR count). The van der Waals surface area contributed by atoms with Gasteiger partial charge < -0.3 is 10.1 Å². The van der Waals surface area contributed by atoms with Crippen molar-refractivity contribution in [3.8, 4) is 5.75 Å². The molecule has 3 aliphatic rings. The Kier molecular flexibility index (Phi) is 3.80.